The quantitative estimate of drug-likeness (QED) is 0.529. The minimum atomic E-state index is 0.276. The van der Waals surface area contributed by atoms with Crippen molar-refractivity contribution in [1.29, 1.82) is 0 Å². The van der Waals surface area contributed by atoms with Crippen molar-refractivity contribution < 1.29 is 4.42 Å². The summed E-state index contributed by atoms with van der Waals surface area (Å²) in [5, 5.41) is 8.24. The Bertz CT molecular complexity index is 287. The van der Waals surface area contributed by atoms with Crippen molar-refractivity contribution in [3.63, 3.8) is 0 Å². The third-order valence-electron chi connectivity index (χ3n) is 1.19. The van der Waals surface area contributed by atoms with E-state index in [2.05, 4.69) is 16.1 Å². The van der Waals surface area contributed by atoms with Gasteiger partial charge in [0.15, 0.2) is 0 Å². The van der Waals surface area contributed by atoms with Crippen molar-refractivity contribution in [3.8, 4) is 12.3 Å². The zero-order chi connectivity index (χ0) is 8.97. The molecule has 0 radical (unpaired) electrons. The van der Waals surface area contributed by atoms with E-state index < -0.39 is 0 Å². The second kappa shape index (κ2) is 4.17. The Kier molecular flexibility index (Phi) is 3.18. The summed E-state index contributed by atoms with van der Waals surface area (Å²) in [5.41, 5.74) is 0. The van der Waals surface area contributed by atoms with Gasteiger partial charge in [0.1, 0.15) is 0 Å². The highest BCUT2D eigenvalue weighted by molar-refractivity contribution is 7.99. The van der Waals surface area contributed by atoms with Gasteiger partial charge in [0.05, 0.1) is 5.75 Å². The van der Waals surface area contributed by atoms with Crippen LogP contribution in [0.25, 0.3) is 0 Å². The van der Waals surface area contributed by atoms with Crippen LogP contribution in [0.15, 0.2) is 9.64 Å². The molecule has 3 nitrogen and oxygen atoms in total. The minimum absolute atomic E-state index is 0.276. The summed E-state index contributed by atoms with van der Waals surface area (Å²) in [6, 6.07) is 0. The average Bonchev–Trinajstić information content (AvgIpc) is 2.48. The fraction of sp³-hybridized carbons (Fsp3) is 0.500. The lowest BCUT2D eigenvalue weighted by molar-refractivity contribution is 0.398. The third-order valence-corrected chi connectivity index (χ3v) is 1.92. The van der Waals surface area contributed by atoms with E-state index in [1.165, 1.54) is 11.8 Å². The number of aromatic nitrogens is 2. The van der Waals surface area contributed by atoms with E-state index in [1.807, 2.05) is 13.8 Å². The van der Waals surface area contributed by atoms with Crippen LogP contribution < -0.4 is 0 Å². The van der Waals surface area contributed by atoms with Crippen molar-refractivity contribution in [2.45, 2.75) is 25.0 Å². The first-order valence-electron chi connectivity index (χ1n) is 3.63. The molecule has 0 N–H and O–H groups in total. The molecular weight excluding hydrogens is 172 g/mol. The summed E-state index contributed by atoms with van der Waals surface area (Å²) in [5.74, 6) is 4.00. The molecule has 0 aliphatic carbocycles. The van der Waals surface area contributed by atoms with Gasteiger partial charge in [-0.1, -0.05) is 31.5 Å². The van der Waals surface area contributed by atoms with E-state index in [1.54, 1.807) is 0 Å². The highest BCUT2D eigenvalue weighted by Gasteiger charge is 2.08. The molecule has 0 spiro atoms. The van der Waals surface area contributed by atoms with Crippen LogP contribution in [0.1, 0.15) is 25.7 Å². The molecule has 0 fully saturated rings. The van der Waals surface area contributed by atoms with Gasteiger partial charge in [-0.05, 0) is 0 Å². The summed E-state index contributed by atoms with van der Waals surface area (Å²) < 4.78 is 5.29. The largest absolute Gasteiger partial charge is 0.416 e. The maximum atomic E-state index is 5.29. The molecule has 4 heteroatoms. The van der Waals surface area contributed by atoms with E-state index >= 15 is 0 Å². The Morgan fingerprint density at radius 2 is 2.33 bits per heavy atom. The Hall–Kier alpha value is -0.950. The molecule has 0 aliphatic heterocycles. The number of nitrogens with zero attached hydrogens (tertiary/aromatic N) is 2. The zero-order valence-electron chi connectivity index (χ0n) is 7.07. The lowest BCUT2D eigenvalue weighted by Gasteiger charge is -1.93. The predicted octanol–water partition coefficient (Wildman–Crippen LogP) is 1.92. The fourth-order valence-corrected chi connectivity index (χ4v) is 1.07. The van der Waals surface area contributed by atoms with Gasteiger partial charge in [0.25, 0.3) is 5.22 Å². The van der Waals surface area contributed by atoms with Gasteiger partial charge in [-0.15, -0.1) is 16.6 Å². The van der Waals surface area contributed by atoms with Gasteiger partial charge in [-0.2, -0.15) is 0 Å². The molecule has 1 aromatic heterocycles. The van der Waals surface area contributed by atoms with Crippen molar-refractivity contribution in [2.75, 3.05) is 5.75 Å². The summed E-state index contributed by atoms with van der Waals surface area (Å²) in [4.78, 5) is 0. The highest BCUT2D eigenvalue weighted by atomic mass is 32.2. The van der Waals surface area contributed by atoms with Gasteiger partial charge in [0.2, 0.25) is 5.89 Å². The van der Waals surface area contributed by atoms with Gasteiger partial charge in [-0.25, -0.2) is 0 Å². The van der Waals surface area contributed by atoms with Crippen molar-refractivity contribution in [2.24, 2.45) is 0 Å². The molecule has 0 saturated heterocycles. The second-order valence-corrected chi connectivity index (χ2v) is 3.48. The van der Waals surface area contributed by atoms with Crippen LogP contribution in [0.2, 0.25) is 0 Å². The fourth-order valence-electron chi connectivity index (χ4n) is 0.615. The molecule has 0 amide bonds. The maximum Gasteiger partial charge on any atom is 0.277 e. The molecule has 0 saturated carbocycles. The van der Waals surface area contributed by atoms with Crippen LogP contribution in [-0.2, 0) is 0 Å². The molecule has 1 heterocycles. The average molecular weight is 182 g/mol. The second-order valence-electron chi connectivity index (χ2n) is 2.55. The van der Waals surface area contributed by atoms with Crippen LogP contribution >= 0.6 is 11.8 Å². The minimum Gasteiger partial charge on any atom is -0.416 e. The monoisotopic (exact) mass is 182 g/mol. The zero-order valence-corrected chi connectivity index (χ0v) is 7.89. The van der Waals surface area contributed by atoms with E-state index in [0.29, 0.717) is 16.9 Å². The molecule has 1 aromatic rings. The molecule has 1 rings (SSSR count). The predicted molar refractivity (Wildman–Crippen MR) is 47.9 cm³/mol. The lowest BCUT2D eigenvalue weighted by Crippen LogP contribution is -1.85. The van der Waals surface area contributed by atoms with Crippen molar-refractivity contribution in [1.82, 2.24) is 10.2 Å². The number of terminal acetylenes is 1. The van der Waals surface area contributed by atoms with E-state index in [0.717, 1.165) is 0 Å². The number of hydrogen-bond donors (Lipinski definition) is 0. The SMILES string of the molecule is C#CCSc1nnc(C(C)C)o1. The van der Waals surface area contributed by atoms with Crippen LogP contribution in [0.4, 0.5) is 0 Å². The van der Waals surface area contributed by atoms with Gasteiger partial charge in [0, 0.05) is 5.92 Å². The highest BCUT2D eigenvalue weighted by Crippen LogP contribution is 2.19. The molecular formula is C8H10N2OS. The standard InChI is InChI=1S/C8H10N2OS/c1-4-5-12-8-10-9-7(11-8)6(2)3/h1,6H,5H2,2-3H3. The summed E-state index contributed by atoms with van der Waals surface area (Å²) in [6.07, 6.45) is 5.08. The smallest absolute Gasteiger partial charge is 0.277 e. The number of hydrogen-bond acceptors (Lipinski definition) is 4. The Balaban J connectivity index is 2.59. The third kappa shape index (κ3) is 2.28. The number of rotatable bonds is 3. The van der Waals surface area contributed by atoms with Crippen LogP contribution in [0.3, 0.4) is 0 Å². The molecule has 12 heavy (non-hydrogen) atoms. The molecule has 0 aliphatic rings. The molecule has 0 atom stereocenters. The normalized spacial score (nSPS) is 10.2. The van der Waals surface area contributed by atoms with Crippen LogP contribution in [-0.4, -0.2) is 16.0 Å². The topological polar surface area (TPSA) is 38.9 Å². The first kappa shape index (κ1) is 9.14. The summed E-state index contributed by atoms with van der Waals surface area (Å²) in [6.45, 7) is 4.01. The molecule has 0 bridgehead atoms. The van der Waals surface area contributed by atoms with E-state index in [-0.39, 0.29) is 5.92 Å². The molecule has 0 aromatic carbocycles. The van der Waals surface area contributed by atoms with Gasteiger partial charge < -0.3 is 4.42 Å². The first-order chi connectivity index (χ1) is 5.74. The van der Waals surface area contributed by atoms with Crippen molar-refractivity contribution in [3.05, 3.63) is 5.89 Å². The summed E-state index contributed by atoms with van der Waals surface area (Å²) >= 11 is 1.38. The molecule has 64 valence electrons. The maximum absolute atomic E-state index is 5.29. The van der Waals surface area contributed by atoms with Crippen LogP contribution in [0, 0.1) is 12.3 Å². The lowest BCUT2D eigenvalue weighted by atomic mass is 10.2. The first-order valence-corrected chi connectivity index (χ1v) is 4.62. The number of thioether (sulfide) groups is 1. The molecule has 0 unspecified atom stereocenters. The Morgan fingerprint density at radius 3 is 2.83 bits per heavy atom. The Morgan fingerprint density at radius 1 is 1.58 bits per heavy atom. The van der Waals surface area contributed by atoms with Crippen molar-refractivity contribution >= 4 is 11.8 Å². The van der Waals surface area contributed by atoms with Crippen LogP contribution in [0.5, 0.6) is 0 Å². The van der Waals surface area contributed by atoms with E-state index in [9.17, 15) is 0 Å². The Labute approximate surface area is 75.9 Å². The van der Waals surface area contributed by atoms with Gasteiger partial charge in [-0.3, -0.25) is 0 Å². The summed E-state index contributed by atoms with van der Waals surface area (Å²) in [7, 11) is 0. The van der Waals surface area contributed by atoms with E-state index in [4.69, 9.17) is 10.8 Å². The van der Waals surface area contributed by atoms with Gasteiger partial charge >= 0.3 is 0 Å².